The molecule has 6 N–H and O–H groups in total. The zero-order valence-corrected chi connectivity index (χ0v) is 9.91. The molecule has 0 saturated heterocycles. The fourth-order valence-corrected chi connectivity index (χ4v) is 1.47. The summed E-state index contributed by atoms with van der Waals surface area (Å²) in [5, 5.41) is 9.81. The van der Waals surface area contributed by atoms with Crippen LogP contribution in [0.5, 0.6) is 0 Å². The number of nitrogens with one attached hydrogen (secondary N) is 2. The maximum Gasteiger partial charge on any atom is 0.253 e. The van der Waals surface area contributed by atoms with Crippen molar-refractivity contribution in [2.24, 2.45) is 11.5 Å². The third-order valence-corrected chi connectivity index (χ3v) is 2.30. The monoisotopic (exact) mass is 282 g/mol. The second-order valence-corrected chi connectivity index (χ2v) is 3.89. The van der Waals surface area contributed by atoms with Gasteiger partial charge in [0.15, 0.2) is 0 Å². The first-order chi connectivity index (χ1) is 7.54. The molecule has 84 valence electrons. The highest BCUT2D eigenvalue weighted by molar-refractivity contribution is 9.10. The highest BCUT2D eigenvalue weighted by atomic mass is 79.9. The van der Waals surface area contributed by atoms with Crippen molar-refractivity contribution in [3.63, 3.8) is 0 Å². The van der Waals surface area contributed by atoms with Crippen LogP contribution in [0.3, 0.4) is 0 Å². The van der Waals surface area contributed by atoms with Crippen LogP contribution < -0.4 is 16.8 Å². The predicted molar refractivity (Wildman–Crippen MR) is 67.0 cm³/mol. The van der Waals surface area contributed by atoms with Gasteiger partial charge in [0.2, 0.25) is 0 Å². The van der Waals surface area contributed by atoms with E-state index >= 15 is 0 Å². The van der Waals surface area contributed by atoms with Crippen molar-refractivity contribution in [2.75, 3.05) is 5.32 Å². The van der Waals surface area contributed by atoms with Gasteiger partial charge in [-0.05, 0) is 18.2 Å². The molecule has 5 nitrogen and oxygen atoms in total. The molecule has 0 bridgehead atoms. The van der Waals surface area contributed by atoms with E-state index in [4.69, 9.17) is 16.9 Å². The number of halogens is 1. The van der Waals surface area contributed by atoms with E-state index in [0.717, 1.165) is 10.7 Å². The highest BCUT2D eigenvalue weighted by Crippen LogP contribution is 2.16. The largest absolute Gasteiger partial charge is 0.385 e. The minimum atomic E-state index is -0.741. The second-order valence-electron chi connectivity index (χ2n) is 2.97. The van der Waals surface area contributed by atoms with Crippen LogP contribution in [-0.4, -0.2) is 12.1 Å². The molecule has 0 spiro atoms. The molecule has 16 heavy (non-hydrogen) atoms. The van der Waals surface area contributed by atoms with Crippen LogP contribution in [0.2, 0.25) is 0 Å². The average molecular weight is 283 g/mol. The Balaban J connectivity index is 2.97. The van der Waals surface area contributed by atoms with E-state index < -0.39 is 5.91 Å². The summed E-state index contributed by atoms with van der Waals surface area (Å²) in [4.78, 5) is 10.9. The Morgan fingerprint density at radius 1 is 1.44 bits per heavy atom. The molecule has 1 aromatic rings. The normalized spacial score (nSPS) is 11.6. The molecular weight excluding hydrogens is 272 g/mol. The van der Waals surface area contributed by atoms with Crippen LogP contribution in [0.25, 0.3) is 0 Å². The molecule has 1 aromatic carbocycles. The van der Waals surface area contributed by atoms with E-state index in [2.05, 4.69) is 21.2 Å². The van der Waals surface area contributed by atoms with Crippen molar-refractivity contribution in [3.8, 4) is 0 Å². The van der Waals surface area contributed by atoms with Gasteiger partial charge in [0, 0.05) is 16.4 Å². The molecule has 6 heteroatoms. The lowest BCUT2D eigenvalue weighted by Gasteiger charge is -2.08. The van der Waals surface area contributed by atoms with Crippen molar-refractivity contribution in [1.29, 1.82) is 5.41 Å². The molecule has 0 unspecified atom stereocenters. The Labute approximate surface area is 101 Å². The van der Waals surface area contributed by atoms with E-state index in [1.807, 2.05) is 12.1 Å². The Kier molecular flexibility index (Phi) is 4.07. The smallest absolute Gasteiger partial charge is 0.253 e. The predicted octanol–water partition coefficient (Wildman–Crippen LogP) is 1.17. The van der Waals surface area contributed by atoms with E-state index in [0.29, 0.717) is 5.69 Å². The number of carbonyl (C=O) groups excluding carboxylic acids is 1. The van der Waals surface area contributed by atoms with Gasteiger partial charge < -0.3 is 22.2 Å². The fraction of sp³-hybridized carbons (Fsp3) is 0. The third-order valence-electron chi connectivity index (χ3n) is 1.80. The quantitative estimate of drug-likeness (QED) is 0.492. The van der Waals surface area contributed by atoms with Gasteiger partial charge in [-0.1, -0.05) is 22.0 Å². The van der Waals surface area contributed by atoms with Crippen LogP contribution in [0.1, 0.15) is 0 Å². The lowest BCUT2D eigenvalue weighted by atomic mass is 10.2. The molecule has 0 radical (unpaired) electrons. The van der Waals surface area contributed by atoms with Crippen LogP contribution in [-0.2, 0) is 4.79 Å². The van der Waals surface area contributed by atoms with Gasteiger partial charge in [-0.25, -0.2) is 0 Å². The Morgan fingerprint density at radius 3 is 2.62 bits per heavy atom. The number of benzene rings is 1. The first kappa shape index (κ1) is 12.3. The van der Waals surface area contributed by atoms with E-state index in [1.165, 1.54) is 0 Å². The average Bonchev–Trinajstić information content (AvgIpc) is 2.17. The summed E-state index contributed by atoms with van der Waals surface area (Å²) in [6, 6.07) is 7.24. The van der Waals surface area contributed by atoms with Gasteiger partial charge in [-0.2, -0.15) is 0 Å². The zero-order chi connectivity index (χ0) is 12.1. The standard InChI is InChI=1S/C10H11BrN4O/c11-6-2-1-3-7(4-6)15-9(13)8(5-12)10(14)16/h1-5,12,15H,13H2,(H2,14,16)/b9-8-,12-5?. The summed E-state index contributed by atoms with van der Waals surface area (Å²) < 4.78 is 0.876. The second kappa shape index (κ2) is 5.32. The third kappa shape index (κ3) is 3.09. The number of anilines is 1. The van der Waals surface area contributed by atoms with Crippen molar-refractivity contribution >= 4 is 33.7 Å². The van der Waals surface area contributed by atoms with Crippen LogP contribution in [0.15, 0.2) is 40.1 Å². The summed E-state index contributed by atoms with van der Waals surface area (Å²) in [5.74, 6) is -0.685. The van der Waals surface area contributed by atoms with Gasteiger partial charge in [-0.3, -0.25) is 4.79 Å². The summed E-state index contributed by atoms with van der Waals surface area (Å²) in [6.45, 7) is 0. The summed E-state index contributed by atoms with van der Waals surface area (Å²) >= 11 is 3.30. The van der Waals surface area contributed by atoms with Gasteiger partial charge >= 0.3 is 0 Å². The van der Waals surface area contributed by atoms with Crippen molar-refractivity contribution < 1.29 is 4.79 Å². The summed E-state index contributed by atoms with van der Waals surface area (Å²) in [6.07, 6.45) is 0.822. The van der Waals surface area contributed by atoms with E-state index in [-0.39, 0.29) is 11.4 Å². The molecule has 1 amide bonds. The first-order valence-corrected chi connectivity index (χ1v) is 5.16. The lowest BCUT2D eigenvalue weighted by molar-refractivity contribution is -0.114. The maximum absolute atomic E-state index is 10.9. The lowest BCUT2D eigenvalue weighted by Crippen LogP contribution is -2.23. The fourth-order valence-electron chi connectivity index (χ4n) is 1.07. The number of amides is 1. The van der Waals surface area contributed by atoms with Crippen molar-refractivity contribution in [1.82, 2.24) is 0 Å². The summed E-state index contributed by atoms with van der Waals surface area (Å²) in [7, 11) is 0. The van der Waals surface area contributed by atoms with Gasteiger partial charge in [0.1, 0.15) is 5.82 Å². The number of hydrogen-bond acceptors (Lipinski definition) is 4. The molecule has 0 aromatic heterocycles. The van der Waals surface area contributed by atoms with E-state index in [1.54, 1.807) is 12.1 Å². The van der Waals surface area contributed by atoms with Crippen molar-refractivity contribution in [3.05, 3.63) is 40.1 Å². The maximum atomic E-state index is 10.9. The number of rotatable bonds is 4. The topological polar surface area (TPSA) is 105 Å². The van der Waals surface area contributed by atoms with Crippen LogP contribution in [0, 0.1) is 5.41 Å². The number of primary amides is 1. The Bertz CT molecular complexity index is 456. The molecule has 0 aliphatic heterocycles. The Hall–Kier alpha value is -1.82. The minimum Gasteiger partial charge on any atom is -0.385 e. The molecule has 1 rings (SSSR count). The number of nitrogens with two attached hydrogens (primary N) is 2. The number of hydrogen-bond donors (Lipinski definition) is 4. The van der Waals surface area contributed by atoms with Gasteiger partial charge in [0.05, 0.1) is 5.57 Å². The van der Waals surface area contributed by atoms with Crippen LogP contribution >= 0.6 is 15.9 Å². The molecular formula is C10H11BrN4O. The summed E-state index contributed by atoms with van der Waals surface area (Å²) in [5.41, 5.74) is 11.3. The SMILES string of the molecule is N=C/C(C(N)=O)=C(\N)Nc1cccc(Br)c1. The Morgan fingerprint density at radius 2 is 2.12 bits per heavy atom. The van der Waals surface area contributed by atoms with Crippen molar-refractivity contribution in [2.45, 2.75) is 0 Å². The van der Waals surface area contributed by atoms with E-state index in [9.17, 15) is 4.79 Å². The van der Waals surface area contributed by atoms with Crippen LogP contribution in [0.4, 0.5) is 5.69 Å². The molecule has 0 atom stereocenters. The minimum absolute atomic E-state index is 0.0556. The number of carbonyl (C=O) groups is 1. The molecule has 0 fully saturated rings. The zero-order valence-electron chi connectivity index (χ0n) is 8.33. The molecule has 0 aliphatic carbocycles. The molecule has 0 aliphatic rings. The van der Waals surface area contributed by atoms with Gasteiger partial charge in [0.25, 0.3) is 5.91 Å². The molecule has 0 heterocycles. The molecule has 0 saturated carbocycles. The highest BCUT2D eigenvalue weighted by Gasteiger charge is 2.07. The first-order valence-electron chi connectivity index (χ1n) is 4.37. The van der Waals surface area contributed by atoms with Gasteiger partial charge in [-0.15, -0.1) is 0 Å².